The first-order valence-corrected chi connectivity index (χ1v) is 7.17. The molecule has 3 nitrogen and oxygen atoms in total. The monoisotopic (exact) mass is 294 g/mol. The van der Waals surface area contributed by atoms with E-state index in [-0.39, 0.29) is 5.97 Å². The highest BCUT2D eigenvalue weighted by atomic mass is 16.5. The molecule has 0 radical (unpaired) electrons. The van der Waals surface area contributed by atoms with Crippen LogP contribution < -0.4 is 4.74 Å². The summed E-state index contributed by atoms with van der Waals surface area (Å²) < 4.78 is 10.6. The van der Waals surface area contributed by atoms with E-state index >= 15 is 0 Å². The molecule has 0 N–H and O–H groups in total. The molecule has 0 bridgehead atoms. The first-order chi connectivity index (χ1) is 10.7. The van der Waals surface area contributed by atoms with Crippen molar-refractivity contribution in [3.8, 4) is 5.75 Å². The van der Waals surface area contributed by atoms with Gasteiger partial charge in [0.05, 0.1) is 14.2 Å². The van der Waals surface area contributed by atoms with Gasteiger partial charge in [-0.2, -0.15) is 0 Å². The lowest BCUT2D eigenvalue weighted by molar-refractivity contribution is -0.142. The Labute approximate surface area is 130 Å². The minimum Gasteiger partial charge on any atom is -0.496 e. The molecule has 0 saturated heterocycles. The number of para-hydroxylation sites is 1. The molecule has 2 aromatic rings. The van der Waals surface area contributed by atoms with E-state index in [0.717, 1.165) is 28.0 Å². The van der Waals surface area contributed by atoms with Gasteiger partial charge in [-0.1, -0.05) is 48.5 Å². The summed E-state index contributed by atoms with van der Waals surface area (Å²) in [5.41, 5.74) is 3.07. The quantitative estimate of drug-likeness (QED) is 0.808. The van der Waals surface area contributed by atoms with Gasteiger partial charge < -0.3 is 9.47 Å². The number of rotatable bonds is 4. The molecule has 112 valence electrons. The second-order valence-electron chi connectivity index (χ2n) is 5.31. The summed E-state index contributed by atoms with van der Waals surface area (Å²) in [5.74, 6) is 0.510. The molecule has 1 aliphatic carbocycles. The normalized spacial score (nSPS) is 19.8. The Hall–Kier alpha value is -2.55. The van der Waals surface area contributed by atoms with Crippen LogP contribution in [0.5, 0.6) is 5.75 Å². The Morgan fingerprint density at radius 1 is 0.955 bits per heavy atom. The van der Waals surface area contributed by atoms with E-state index in [2.05, 4.69) is 0 Å². The van der Waals surface area contributed by atoms with Crippen LogP contribution in [0.15, 0.2) is 60.2 Å². The van der Waals surface area contributed by atoms with Crippen molar-refractivity contribution < 1.29 is 14.3 Å². The van der Waals surface area contributed by atoms with Crippen LogP contribution in [-0.2, 0) is 14.9 Å². The van der Waals surface area contributed by atoms with Gasteiger partial charge in [-0.15, -0.1) is 0 Å². The maximum atomic E-state index is 12.6. The molecule has 0 saturated carbocycles. The van der Waals surface area contributed by atoms with Crippen molar-refractivity contribution >= 4 is 11.5 Å². The smallest absolute Gasteiger partial charge is 0.325 e. The maximum absolute atomic E-state index is 12.6. The summed E-state index contributed by atoms with van der Waals surface area (Å²) in [7, 11) is 3.07. The fourth-order valence-electron chi connectivity index (χ4n) is 3.24. The summed E-state index contributed by atoms with van der Waals surface area (Å²) >= 11 is 0. The van der Waals surface area contributed by atoms with Crippen molar-refractivity contribution in [1.82, 2.24) is 0 Å². The highest BCUT2D eigenvalue weighted by Gasteiger charge is 2.60. The van der Waals surface area contributed by atoms with E-state index in [4.69, 9.17) is 9.47 Å². The summed E-state index contributed by atoms with van der Waals surface area (Å²) in [6.45, 7) is 1.98. The number of carbonyl (C=O) groups excluding carboxylic acids is 1. The third-order valence-corrected chi connectivity index (χ3v) is 4.32. The van der Waals surface area contributed by atoms with Crippen LogP contribution in [0.25, 0.3) is 5.57 Å². The van der Waals surface area contributed by atoms with Crippen molar-refractivity contribution in [2.45, 2.75) is 12.3 Å². The first kappa shape index (κ1) is 14.4. The van der Waals surface area contributed by atoms with Crippen LogP contribution in [0.2, 0.25) is 0 Å². The molecular formula is C19H18O3. The molecule has 3 rings (SSSR count). The summed E-state index contributed by atoms with van der Waals surface area (Å²) in [6.07, 6.45) is 0. The van der Waals surface area contributed by atoms with Crippen molar-refractivity contribution in [1.29, 1.82) is 0 Å². The zero-order valence-electron chi connectivity index (χ0n) is 12.9. The topological polar surface area (TPSA) is 35.5 Å². The van der Waals surface area contributed by atoms with Gasteiger partial charge in [-0.25, -0.2) is 0 Å². The minimum absolute atomic E-state index is 0.253. The fourth-order valence-corrected chi connectivity index (χ4v) is 3.24. The molecule has 22 heavy (non-hydrogen) atoms. The lowest BCUT2D eigenvalue weighted by Gasteiger charge is -2.18. The number of hydrogen-bond donors (Lipinski definition) is 0. The third-order valence-electron chi connectivity index (χ3n) is 4.32. The van der Waals surface area contributed by atoms with Gasteiger partial charge in [0, 0.05) is 5.56 Å². The highest BCUT2D eigenvalue weighted by Crippen LogP contribution is 2.61. The second kappa shape index (κ2) is 5.34. The fraction of sp³-hybridized carbons (Fsp3) is 0.211. The second-order valence-corrected chi connectivity index (χ2v) is 5.31. The SMILES string of the molecule is COC(=O)C1(c2ccccc2)C(C)=C1c1ccccc1OC. The van der Waals surface area contributed by atoms with Crippen LogP contribution in [0, 0.1) is 0 Å². The van der Waals surface area contributed by atoms with Gasteiger partial charge in [-0.05, 0) is 29.7 Å². The summed E-state index contributed by atoms with van der Waals surface area (Å²) in [5, 5.41) is 0. The molecular weight excluding hydrogens is 276 g/mol. The van der Waals surface area contributed by atoms with E-state index < -0.39 is 5.41 Å². The van der Waals surface area contributed by atoms with Gasteiger partial charge in [0.15, 0.2) is 0 Å². The zero-order valence-corrected chi connectivity index (χ0v) is 12.9. The molecule has 3 heteroatoms. The van der Waals surface area contributed by atoms with Crippen molar-refractivity contribution in [2.75, 3.05) is 14.2 Å². The average molecular weight is 294 g/mol. The van der Waals surface area contributed by atoms with Crippen molar-refractivity contribution in [3.63, 3.8) is 0 Å². The van der Waals surface area contributed by atoms with Gasteiger partial charge in [0.25, 0.3) is 0 Å². The van der Waals surface area contributed by atoms with Gasteiger partial charge >= 0.3 is 5.97 Å². The number of ether oxygens (including phenoxy) is 2. The van der Waals surface area contributed by atoms with E-state index in [0.29, 0.717) is 0 Å². The Morgan fingerprint density at radius 2 is 1.59 bits per heavy atom. The lowest BCUT2D eigenvalue weighted by Crippen LogP contribution is -2.27. The zero-order chi connectivity index (χ0) is 15.7. The van der Waals surface area contributed by atoms with Crippen LogP contribution in [0.3, 0.4) is 0 Å². The predicted molar refractivity (Wildman–Crippen MR) is 85.7 cm³/mol. The maximum Gasteiger partial charge on any atom is 0.325 e. The number of esters is 1. The van der Waals surface area contributed by atoms with Gasteiger partial charge in [0.1, 0.15) is 11.2 Å². The van der Waals surface area contributed by atoms with E-state index in [1.807, 2.05) is 61.5 Å². The van der Waals surface area contributed by atoms with E-state index in [1.54, 1.807) is 7.11 Å². The molecule has 1 unspecified atom stereocenters. The predicted octanol–water partition coefficient (Wildman–Crippen LogP) is 3.59. The van der Waals surface area contributed by atoms with Crippen LogP contribution >= 0.6 is 0 Å². The molecule has 1 atom stereocenters. The Balaban J connectivity index is 2.15. The first-order valence-electron chi connectivity index (χ1n) is 7.17. The Morgan fingerprint density at radius 3 is 2.23 bits per heavy atom. The highest BCUT2D eigenvalue weighted by molar-refractivity contribution is 6.15. The van der Waals surface area contributed by atoms with E-state index in [1.165, 1.54) is 7.11 Å². The van der Waals surface area contributed by atoms with Crippen molar-refractivity contribution in [2.24, 2.45) is 0 Å². The van der Waals surface area contributed by atoms with Gasteiger partial charge in [0.2, 0.25) is 0 Å². The molecule has 2 aromatic carbocycles. The van der Waals surface area contributed by atoms with Crippen molar-refractivity contribution in [3.05, 3.63) is 71.3 Å². The standard InChI is InChI=1S/C19H18O3/c1-13-17(15-11-7-8-12-16(15)21-2)19(13,18(20)22-3)14-9-5-4-6-10-14/h4-12H,1-3H3. The number of carbonyl (C=O) groups is 1. The van der Waals surface area contributed by atoms with Crippen LogP contribution in [-0.4, -0.2) is 20.2 Å². The summed E-state index contributed by atoms with van der Waals surface area (Å²) in [4.78, 5) is 12.6. The number of methoxy groups -OCH3 is 2. The Kier molecular flexibility index (Phi) is 3.49. The molecule has 0 spiro atoms. The average Bonchev–Trinajstić information content (AvgIpc) is 3.21. The minimum atomic E-state index is -0.787. The van der Waals surface area contributed by atoms with Crippen LogP contribution in [0.4, 0.5) is 0 Å². The summed E-state index contributed by atoms with van der Waals surface area (Å²) in [6, 6.07) is 17.5. The molecule has 0 aromatic heterocycles. The molecule has 0 amide bonds. The Bertz CT molecular complexity index is 746. The van der Waals surface area contributed by atoms with E-state index in [9.17, 15) is 4.79 Å². The third kappa shape index (κ3) is 1.86. The molecule has 0 aliphatic heterocycles. The lowest BCUT2D eigenvalue weighted by atomic mass is 9.86. The molecule has 0 fully saturated rings. The number of hydrogen-bond acceptors (Lipinski definition) is 3. The largest absolute Gasteiger partial charge is 0.496 e. The van der Waals surface area contributed by atoms with Gasteiger partial charge in [-0.3, -0.25) is 4.79 Å². The molecule has 0 heterocycles. The molecule has 1 aliphatic rings. The number of benzene rings is 2. The van der Waals surface area contributed by atoms with Crippen LogP contribution in [0.1, 0.15) is 18.1 Å².